The molecule has 190 valence electrons. The number of hydrogen-bond acceptors (Lipinski definition) is 6. The molecule has 7 nitrogen and oxygen atoms in total. The summed E-state index contributed by atoms with van der Waals surface area (Å²) in [7, 11) is 1.32. The van der Waals surface area contributed by atoms with Gasteiger partial charge in [-0.25, -0.2) is 9.18 Å². The first-order valence-electron chi connectivity index (χ1n) is 11.8. The number of benzene rings is 3. The minimum atomic E-state index is -1.24. The van der Waals surface area contributed by atoms with E-state index in [1.54, 1.807) is 48.5 Å². The maximum atomic E-state index is 15.6. The van der Waals surface area contributed by atoms with Crippen molar-refractivity contribution in [2.24, 2.45) is 0 Å². The van der Waals surface area contributed by atoms with Crippen LogP contribution in [0.2, 0.25) is 10.0 Å². The normalized spacial score (nSPS) is 27.7. The zero-order valence-electron chi connectivity index (χ0n) is 19.6. The van der Waals surface area contributed by atoms with Gasteiger partial charge in [-0.15, -0.1) is 0 Å². The van der Waals surface area contributed by atoms with Gasteiger partial charge in [0.25, 0.3) is 0 Å². The van der Waals surface area contributed by atoms with E-state index in [0.29, 0.717) is 39.5 Å². The first-order chi connectivity index (χ1) is 17.7. The number of nitrogens with two attached hydrogens (primary N) is 1. The molecule has 3 aromatic rings. The summed E-state index contributed by atoms with van der Waals surface area (Å²) in [6.45, 7) is 0. The highest BCUT2D eigenvalue weighted by Crippen LogP contribution is 2.55. The Morgan fingerprint density at radius 2 is 1.95 bits per heavy atom. The Hall–Kier alpha value is -3.17. The largest absolute Gasteiger partial charge is 0.465 e. The van der Waals surface area contributed by atoms with Gasteiger partial charge in [0.1, 0.15) is 11.4 Å². The van der Waals surface area contributed by atoms with Crippen molar-refractivity contribution in [2.75, 3.05) is 18.2 Å². The van der Waals surface area contributed by atoms with E-state index in [4.69, 9.17) is 33.7 Å². The standard InChI is InChI=1S/C27H23Cl2FN4O3/c1-37-25(35)12-5-8-18(31)15(9-12)19-11-21-24(32-19)22(14-3-2-4-17(29)23(14)30)27(34-21)16-7-6-13(28)10-20(16)33-26(27)36/h2-10,19,21-22,24,32,34H,11,31H2,1H3,(H,33,36)/t19?,21-,22-,24+,27+/m0/s1. The molecule has 0 aliphatic carbocycles. The van der Waals surface area contributed by atoms with Crippen LogP contribution >= 0.6 is 23.2 Å². The molecule has 5 N–H and O–H groups in total. The number of amides is 1. The Morgan fingerprint density at radius 1 is 1.14 bits per heavy atom. The molecule has 1 amide bonds. The highest BCUT2D eigenvalue weighted by Gasteiger charge is 2.64. The van der Waals surface area contributed by atoms with Crippen LogP contribution in [0.4, 0.5) is 15.8 Å². The molecule has 3 aromatic carbocycles. The van der Waals surface area contributed by atoms with E-state index < -0.39 is 23.2 Å². The molecule has 37 heavy (non-hydrogen) atoms. The van der Waals surface area contributed by atoms with Gasteiger partial charge in [-0.3, -0.25) is 10.1 Å². The third-order valence-electron chi connectivity index (χ3n) is 7.77. The molecule has 6 rings (SSSR count). The Kier molecular flexibility index (Phi) is 5.69. The monoisotopic (exact) mass is 540 g/mol. The van der Waals surface area contributed by atoms with E-state index in [0.717, 1.165) is 5.56 Å². The molecule has 2 saturated heterocycles. The van der Waals surface area contributed by atoms with Gasteiger partial charge in [0.2, 0.25) is 5.91 Å². The lowest BCUT2D eigenvalue weighted by Gasteiger charge is -2.34. The lowest BCUT2D eigenvalue weighted by Crippen LogP contribution is -2.50. The Balaban J connectivity index is 1.46. The zero-order valence-corrected chi connectivity index (χ0v) is 21.2. The second kappa shape index (κ2) is 8.70. The van der Waals surface area contributed by atoms with E-state index >= 15 is 4.39 Å². The minimum Gasteiger partial charge on any atom is -0.465 e. The SMILES string of the molecule is COC(=O)c1ccc(N)c(C2C[C@@H]3N[C@@]4(C(=O)Nc5cc(Cl)ccc54)[C@@H](c4cccc(Cl)c4F)[C@@H]3N2)c1. The van der Waals surface area contributed by atoms with Crippen LogP contribution in [0, 0.1) is 5.82 Å². The highest BCUT2D eigenvalue weighted by atomic mass is 35.5. The van der Waals surface area contributed by atoms with E-state index in [9.17, 15) is 9.59 Å². The Labute approximate surface area is 222 Å². The maximum Gasteiger partial charge on any atom is 0.337 e. The summed E-state index contributed by atoms with van der Waals surface area (Å²) in [6.07, 6.45) is 0.552. The van der Waals surface area contributed by atoms with Gasteiger partial charge in [-0.05, 0) is 53.9 Å². The molecule has 3 aliphatic rings. The van der Waals surface area contributed by atoms with E-state index in [1.165, 1.54) is 13.2 Å². The van der Waals surface area contributed by atoms with E-state index in [2.05, 4.69) is 16.0 Å². The van der Waals surface area contributed by atoms with Crippen LogP contribution in [0.3, 0.4) is 0 Å². The molecular weight excluding hydrogens is 518 g/mol. The molecule has 0 bridgehead atoms. The smallest absolute Gasteiger partial charge is 0.337 e. The van der Waals surface area contributed by atoms with Gasteiger partial charge in [-0.2, -0.15) is 0 Å². The summed E-state index contributed by atoms with van der Waals surface area (Å²) in [4.78, 5) is 25.8. The molecular formula is C27H23Cl2FN4O3. The average molecular weight is 541 g/mol. The quantitative estimate of drug-likeness (QED) is 0.288. The minimum absolute atomic E-state index is 0.0181. The van der Waals surface area contributed by atoms with Crippen LogP contribution < -0.4 is 21.7 Å². The topological polar surface area (TPSA) is 105 Å². The summed E-state index contributed by atoms with van der Waals surface area (Å²) >= 11 is 12.4. The number of nitrogens with one attached hydrogen (secondary N) is 3. The number of halogens is 3. The van der Waals surface area contributed by atoms with E-state index in [1.807, 2.05) is 0 Å². The van der Waals surface area contributed by atoms with Crippen molar-refractivity contribution >= 4 is 46.5 Å². The lowest BCUT2D eigenvalue weighted by molar-refractivity contribution is -0.122. The van der Waals surface area contributed by atoms with Gasteiger partial charge < -0.3 is 21.1 Å². The maximum absolute atomic E-state index is 15.6. The Morgan fingerprint density at radius 3 is 2.73 bits per heavy atom. The number of esters is 1. The third-order valence-corrected chi connectivity index (χ3v) is 8.30. The van der Waals surface area contributed by atoms with Crippen molar-refractivity contribution in [3.8, 4) is 0 Å². The average Bonchev–Trinajstić information content (AvgIpc) is 3.50. The number of hydrogen-bond donors (Lipinski definition) is 4. The number of anilines is 2. The van der Waals surface area contributed by atoms with Crippen molar-refractivity contribution in [2.45, 2.75) is 36.0 Å². The predicted octanol–water partition coefficient (Wildman–Crippen LogP) is 4.51. The molecule has 2 fully saturated rings. The van der Waals surface area contributed by atoms with Crippen molar-refractivity contribution in [3.63, 3.8) is 0 Å². The van der Waals surface area contributed by atoms with E-state index in [-0.39, 0.29) is 29.1 Å². The fraction of sp³-hybridized carbons (Fsp3) is 0.259. The van der Waals surface area contributed by atoms with Crippen LogP contribution in [0.25, 0.3) is 0 Å². The molecule has 3 heterocycles. The van der Waals surface area contributed by atoms with Gasteiger partial charge in [0, 0.05) is 46.0 Å². The molecule has 0 aromatic heterocycles. The molecule has 3 aliphatic heterocycles. The van der Waals surface area contributed by atoms with Crippen LogP contribution in [0.5, 0.6) is 0 Å². The van der Waals surface area contributed by atoms with Crippen LogP contribution in [-0.2, 0) is 15.1 Å². The summed E-state index contributed by atoms with van der Waals surface area (Å²) < 4.78 is 20.4. The van der Waals surface area contributed by atoms with Crippen molar-refractivity contribution in [1.82, 2.24) is 10.6 Å². The molecule has 0 saturated carbocycles. The lowest BCUT2D eigenvalue weighted by atomic mass is 9.74. The molecule has 5 atom stereocenters. The summed E-state index contributed by atoms with van der Waals surface area (Å²) in [5.74, 6) is -1.96. The zero-order chi connectivity index (χ0) is 26.1. The molecule has 1 unspecified atom stereocenters. The number of rotatable bonds is 3. The molecule has 0 radical (unpaired) electrons. The van der Waals surface area contributed by atoms with Gasteiger partial charge >= 0.3 is 5.97 Å². The van der Waals surface area contributed by atoms with Crippen LogP contribution in [0.15, 0.2) is 54.6 Å². The molecule has 10 heteroatoms. The molecule has 1 spiro atoms. The summed E-state index contributed by atoms with van der Waals surface area (Å²) in [5, 5.41) is 10.5. The van der Waals surface area contributed by atoms with Crippen LogP contribution in [-0.4, -0.2) is 31.1 Å². The number of nitrogen functional groups attached to an aromatic ring is 1. The van der Waals surface area contributed by atoms with Gasteiger partial charge in [0.15, 0.2) is 0 Å². The second-order valence-electron chi connectivity index (χ2n) is 9.64. The van der Waals surface area contributed by atoms with Crippen molar-refractivity contribution < 1.29 is 18.7 Å². The number of methoxy groups -OCH3 is 1. The highest BCUT2D eigenvalue weighted by molar-refractivity contribution is 6.31. The number of carbonyl (C=O) groups is 2. The van der Waals surface area contributed by atoms with Crippen molar-refractivity contribution in [1.29, 1.82) is 0 Å². The fourth-order valence-corrected chi connectivity index (χ4v) is 6.58. The first-order valence-corrected chi connectivity index (χ1v) is 12.6. The Bertz CT molecular complexity index is 1470. The van der Waals surface area contributed by atoms with Gasteiger partial charge in [-0.1, -0.05) is 41.4 Å². The number of fused-ring (bicyclic) bond motifs is 3. The predicted molar refractivity (Wildman–Crippen MR) is 139 cm³/mol. The van der Waals surface area contributed by atoms with Crippen molar-refractivity contribution in [3.05, 3.63) is 92.7 Å². The van der Waals surface area contributed by atoms with Crippen LogP contribution in [0.1, 0.15) is 45.4 Å². The summed E-state index contributed by atoms with van der Waals surface area (Å²) in [6, 6.07) is 14.2. The second-order valence-corrected chi connectivity index (χ2v) is 10.5. The first kappa shape index (κ1) is 24.2. The third kappa shape index (κ3) is 3.54. The summed E-state index contributed by atoms with van der Waals surface area (Å²) in [5.41, 5.74) is 8.32. The fourth-order valence-electron chi connectivity index (χ4n) is 6.23. The number of ether oxygens (including phenoxy) is 1. The van der Waals surface area contributed by atoms with Gasteiger partial charge in [0.05, 0.1) is 17.7 Å². The number of carbonyl (C=O) groups excluding carboxylic acids is 2.